The van der Waals surface area contributed by atoms with Gasteiger partial charge in [0.25, 0.3) is 5.91 Å². The Balaban J connectivity index is 1.95. The van der Waals surface area contributed by atoms with E-state index in [1.54, 1.807) is 30.6 Å². The van der Waals surface area contributed by atoms with Crippen LogP contribution in [0.25, 0.3) is 0 Å². The third kappa shape index (κ3) is 4.07. The van der Waals surface area contributed by atoms with Crippen molar-refractivity contribution in [1.82, 2.24) is 10.4 Å². The molecule has 0 aliphatic heterocycles. The predicted octanol–water partition coefficient (Wildman–Crippen LogP) is 3.93. The molecule has 0 atom stereocenters. The molecule has 1 aromatic heterocycles. The number of methoxy groups -OCH3 is 1. The minimum absolute atomic E-state index is 0.311. The number of amides is 1. The Labute approximate surface area is 156 Å². The van der Waals surface area contributed by atoms with Gasteiger partial charge in [-0.1, -0.05) is 41.9 Å². The molecule has 0 unspecified atom stereocenters. The van der Waals surface area contributed by atoms with Gasteiger partial charge in [0.2, 0.25) is 0 Å². The third-order valence-corrected chi connectivity index (χ3v) is 3.91. The molecule has 5 nitrogen and oxygen atoms in total. The Morgan fingerprint density at radius 2 is 1.73 bits per heavy atom. The van der Waals surface area contributed by atoms with E-state index in [0.29, 0.717) is 22.0 Å². The molecule has 0 saturated heterocycles. The van der Waals surface area contributed by atoms with Crippen LogP contribution in [0.1, 0.15) is 21.5 Å². The van der Waals surface area contributed by atoms with Crippen LogP contribution in [-0.4, -0.2) is 23.7 Å². The van der Waals surface area contributed by atoms with E-state index in [1.165, 1.54) is 7.11 Å². The van der Waals surface area contributed by atoms with Crippen molar-refractivity contribution in [3.63, 3.8) is 0 Å². The second kappa shape index (κ2) is 8.27. The van der Waals surface area contributed by atoms with Crippen LogP contribution >= 0.6 is 11.6 Å². The molecule has 6 heteroatoms. The highest BCUT2D eigenvalue weighted by Gasteiger charge is 2.14. The molecular weight excluding hydrogens is 350 g/mol. The summed E-state index contributed by atoms with van der Waals surface area (Å²) in [6, 6.07) is 18.1. The summed E-state index contributed by atoms with van der Waals surface area (Å²) >= 11 is 5.99. The van der Waals surface area contributed by atoms with Crippen molar-refractivity contribution in [2.75, 3.05) is 7.11 Å². The SMILES string of the molecule is COc1ccc(Cl)cc1C(=O)NN=C(c1ccccc1)c1ccncc1. The number of rotatable bonds is 5. The molecule has 0 fully saturated rings. The van der Waals surface area contributed by atoms with Crippen molar-refractivity contribution in [2.45, 2.75) is 0 Å². The Kier molecular flexibility index (Phi) is 5.61. The van der Waals surface area contributed by atoms with Crippen LogP contribution in [0.4, 0.5) is 0 Å². The maximum Gasteiger partial charge on any atom is 0.275 e. The Hall–Kier alpha value is -3.18. The Bertz CT molecular complexity index is 887. The quantitative estimate of drug-likeness (QED) is 0.550. The average Bonchev–Trinajstić information content (AvgIpc) is 2.69. The first-order valence-electron chi connectivity index (χ1n) is 7.86. The fourth-order valence-corrected chi connectivity index (χ4v) is 2.60. The van der Waals surface area contributed by atoms with Crippen molar-refractivity contribution in [3.05, 3.63) is 94.8 Å². The first kappa shape index (κ1) is 17.6. The van der Waals surface area contributed by atoms with Crippen molar-refractivity contribution in [2.24, 2.45) is 5.10 Å². The molecular formula is C20H16ClN3O2. The first-order valence-corrected chi connectivity index (χ1v) is 8.24. The van der Waals surface area contributed by atoms with Crippen LogP contribution in [0, 0.1) is 0 Å². The van der Waals surface area contributed by atoms with Crippen LogP contribution in [0.3, 0.4) is 0 Å². The summed E-state index contributed by atoms with van der Waals surface area (Å²) in [5.74, 6) is 0.0131. The maximum absolute atomic E-state index is 12.6. The number of nitrogens with one attached hydrogen (secondary N) is 1. The molecule has 0 spiro atoms. The van der Waals surface area contributed by atoms with Gasteiger partial charge >= 0.3 is 0 Å². The number of ether oxygens (including phenoxy) is 1. The molecule has 1 heterocycles. The maximum atomic E-state index is 12.6. The molecule has 26 heavy (non-hydrogen) atoms. The van der Waals surface area contributed by atoms with Crippen molar-refractivity contribution in [1.29, 1.82) is 0 Å². The Morgan fingerprint density at radius 3 is 2.42 bits per heavy atom. The van der Waals surface area contributed by atoms with Crippen LogP contribution in [0.2, 0.25) is 5.02 Å². The van der Waals surface area contributed by atoms with Crippen LogP contribution < -0.4 is 10.2 Å². The van der Waals surface area contributed by atoms with E-state index in [-0.39, 0.29) is 0 Å². The van der Waals surface area contributed by atoms with E-state index in [4.69, 9.17) is 16.3 Å². The minimum atomic E-state index is -0.410. The standard InChI is InChI=1S/C20H16ClN3O2/c1-26-18-8-7-16(21)13-17(18)20(25)24-23-19(14-5-3-2-4-6-14)15-9-11-22-12-10-15/h2-13H,1H3,(H,24,25). The van der Waals surface area contributed by atoms with Crippen molar-refractivity contribution < 1.29 is 9.53 Å². The van der Waals surface area contributed by atoms with Crippen molar-refractivity contribution in [3.8, 4) is 5.75 Å². The van der Waals surface area contributed by atoms with Crippen LogP contribution in [0.15, 0.2) is 78.2 Å². The number of hydrogen-bond acceptors (Lipinski definition) is 4. The van der Waals surface area contributed by atoms with E-state index in [2.05, 4.69) is 15.5 Å². The molecule has 0 bridgehead atoms. The lowest BCUT2D eigenvalue weighted by Gasteiger charge is -2.10. The van der Waals surface area contributed by atoms with Gasteiger partial charge in [-0.15, -0.1) is 0 Å². The molecule has 1 amide bonds. The summed E-state index contributed by atoms with van der Waals surface area (Å²) < 4.78 is 5.22. The van der Waals surface area contributed by atoms with E-state index in [1.807, 2.05) is 42.5 Å². The van der Waals surface area contributed by atoms with Crippen LogP contribution in [0.5, 0.6) is 5.75 Å². The molecule has 1 N–H and O–H groups in total. The molecule has 0 saturated carbocycles. The summed E-state index contributed by atoms with van der Waals surface area (Å²) in [6.45, 7) is 0. The zero-order valence-corrected chi connectivity index (χ0v) is 14.8. The van der Waals surface area contributed by atoms with Gasteiger partial charge in [-0.05, 0) is 30.3 Å². The van der Waals surface area contributed by atoms with E-state index < -0.39 is 5.91 Å². The number of hydrogen-bond donors (Lipinski definition) is 1. The summed E-state index contributed by atoms with van der Waals surface area (Å²) in [5.41, 5.74) is 5.24. The lowest BCUT2D eigenvalue weighted by molar-refractivity contribution is 0.0952. The number of aromatic nitrogens is 1. The van der Waals surface area contributed by atoms with Gasteiger partial charge in [-0.2, -0.15) is 5.10 Å². The molecule has 3 rings (SSSR count). The highest BCUT2D eigenvalue weighted by molar-refractivity contribution is 6.31. The van der Waals surface area contributed by atoms with Gasteiger partial charge in [0.1, 0.15) is 5.75 Å². The first-order chi connectivity index (χ1) is 12.7. The average molecular weight is 366 g/mol. The lowest BCUT2D eigenvalue weighted by atomic mass is 10.0. The highest BCUT2D eigenvalue weighted by Crippen LogP contribution is 2.22. The summed E-state index contributed by atoms with van der Waals surface area (Å²) in [5, 5.41) is 4.78. The summed E-state index contributed by atoms with van der Waals surface area (Å²) in [6.07, 6.45) is 3.35. The van der Waals surface area contributed by atoms with Crippen molar-refractivity contribution >= 4 is 23.2 Å². The summed E-state index contributed by atoms with van der Waals surface area (Å²) in [7, 11) is 1.50. The molecule has 0 aliphatic rings. The van der Waals surface area contributed by atoms with E-state index >= 15 is 0 Å². The molecule has 0 radical (unpaired) electrons. The number of carbonyl (C=O) groups excluding carboxylic acids is 1. The number of pyridine rings is 1. The topological polar surface area (TPSA) is 63.6 Å². The van der Waals surface area contributed by atoms with Gasteiger partial charge in [-0.25, -0.2) is 5.43 Å². The number of benzene rings is 2. The number of carbonyl (C=O) groups is 1. The molecule has 3 aromatic rings. The third-order valence-electron chi connectivity index (χ3n) is 3.68. The zero-order valence-electron chi connectivity index (χ0n) is 14.0. The fourth-order valence-electron chi connectivity index (χ4n) is 2.43. The fraction of sp³-hybridized carbons (Fsp3) is 0.0500. The van der Waals surface area contributed by atoms with Gasteiger partial charge in [0, 0.05) is 28.5 Å². The normalized spacial score (nSPS) is 11.1. The number of halogens is 1. The number of nitrogens with zero attached hydrogens (tertiary/aromatic N) is 2. The highest BCUT2D eigenvalue weighted by atomic mass is 35.5. The Morgan fingerprint density at radius 1 is 1.04 bits per heavy atom. The molecule has 0 aliphatic carbocycles. The minimum Gasteiger partial charge on any atom is -0.496 e. The predicted molar refractivity (Wildman–Crippen MR) is 102 cm³/mol. The van der Waals surface area contributed by atoms with Gasteiger partial charge in [0.05, 0.1) is 18.4 Å². The summed E-state index contributed by atoms with van der Waals surface area (Å²) in [4.78, 5) is 16.6. The van der Waals surface area contributed by atoms with Gasteiger partial charge in [0.15, 0.2) is 0 Å². The van der Waals surface area contributed by atoms with E-state index in [9.17, 15) is 4.79 Å². The molecule has 2 aromatic carbocycles. The smallest absolute Gasteiger partial charge is 0.275 e. The van der Waals surface area contributed by atoms with E-state index in [0.717, 1.165) is 11.1 Å². The lowest BCUT2D eigenvalue weighted by Crippen LogP contribution is -2.21. The number of hydrazone groups is 1. The largest absolute Gasteiger partial charge is 0.496 e. The second-order valence-corrected chi connectivity index (χ2v) is 5.78. The second-order valence-electron chi connectivity index (χ2n) is 5.35. The van der Waals surface area contributed by atoms with Gasteiger partial charge in [-0.3, -0.25) is 9.78 Å². The monoisotopic (exact) mass is 365 g/mol. The molecule has 130 valence electrons. The van der Waals surface area contributed by atoms with Gasteiger partial charge < -0.3 is 4.74 Å². The van der Waals surface area contributed by atoms with Crippen LogP contribution in [-0.2, 0) is 0 Å². The zero-order chi connectivity index (χ0) is 18.4.